The first kappa shape index (κ1) is 14.9. The fraction of sp³-hybridized carbons (Fsp3) is 0.421. The summed E-state index contributed by atoms with van der Waals surface area (Å²) in [6, 6.07) is 13.0. The molecule has 0 unspecified atom stereocenters. The van der Waals surface area contributed by atoms with E-state index in [0.717, 1.165) is 37.8 Å². The van der Waals surface area contributed by atoms with E-state index in [1.807, 2.05) is 18.2 Å². The molecule has 4 heteroatoms. The molecule has 0 radical (unpaired) electrons. The summed E-state index contributed by atoms with van der Waals surface area (Å²) in [5.41, 5.74) is 2.46. The van der Waals surface area contributed by atoms with Crippen LogP contribution in [0, 0.1) is 0 Å². The number of likely N-dealkylation sites (tertiary alicyclic amines) is 1. The van der Waals surface area contributed by atoms with Gasteiger partial charge in [0.2, 0.25) is 5.91 Å². The molecule has 120 valence electrons. The molecule has 2 aliphatic rings. The first-order chi connectivity index (χ1) is 11.3. The molecule has 23 heavy (non-hydrogen) atoms. The minimum Gasteiger partial charge on any atom is -0.352 e. The molecule has 4 rings (SSSR count). The van der Waals surface area contributed by atoms with Crippen molar-refractivity contribution in [3.63, 3.8) is 0 Å². The van der Waals surface area contributed by atoms with Gasteiger partial charge in [-0.25, -0.2) is 0 Å². The Balaban J connectivity index is 1.64. The maximum Gasteiger partial charge on any atom is 0.242 e. The van der Waals surface area contributed by atoms with Gasteiger partial charge >= 0.3 is 0 Å². The van der Waals surface area contributed by atoms with E-state index in [9.17, 15) is 4.79 Å². The Morgan fingerprint density at radius 2 is 2.00 bits per heavy atom. The summed E-state index contributed by atoms with van der Waals surface area (Å²) in [4.78, 5) is 15.3. The molecule has 1 aromatic heterocycles. The fourth-order valence-corrected chi connectivity index (χ4v) is 4.26. The lowest BCUT2D eigenvalue weighted by molar-refractivity contribution is -0.127. The average molecular weight is 326 g/mol. The second-order valence-corrected chi connectivity index (χ2v) is 7.33. The Kier molecular flexibility index (Phi) is 4.19. The number of rotatable bonds is 5. The number of thiophene rings is 1. The predicted octanol–water partition coefficient (Wildman–Crippen LogP) is 3.90. The topological polar surface area (TPSA) is 32.3 Å². The van der Waals surface area contributed by atoms with Crippen molar-refractivity contribution < 1.29 is 4.79 Å². The van der Waals surface area contributed by atoms with Gasteiger partial charge in [0.15, 0.2) is 0 Å². The van der Waals surface area contributed by atoms with Crippen molar-refractivity contribution in [2.24, 2.45) is 0 Å². The number of nitrogens with zero attached hydrogens (tertiary/aromatic N) is 1. The van der Waals surface area contributed by atoms with Crippen LogP contribution in [-0.4, -0.2) is 23.4 Å². The highest BCUT2D eigenvalue weighted by atomic mass is 32.1. The van der Waals surface area contributed by atoms with Gasteiger partial charge in [-0.2, -0.15) is 11.3 Å². The van der Waals surface area contributed by atoms with Crippen LogP contribution in [0.2, 0.25) is 0 Å². The number of benzene rings is 1. The van der Waals surface area contributed by atoms with Crippen LogP contribution in [0.25, 0.3) is 0 Å². The monoisotopic (exact) mass is 326 g/mol. The number of hydrogen-bond donors (Lipinski definition) is 1. The molecule has 1 aromatic carbocycles. The summed E-state index contributed by atoms with van der Waals surface area (Å²) in [5, 5.41) is 7.58. The first-order valence-electron chi connectivity index (χ1n) is 8.46. The second kappa shape index (κ2) is 6.46. The molecular weight excluding hydrogens is 304 g/mol. The zero-order valence-corrected chi connectivity index (χ0v) is 14.0. The molecular formula is C19H22N2OS. The molecule has 1 saturated carbocycles. The third-order valence-corrected chi connectivity index (χ3v) is 5.54. The highest BCUT2D eigenvalue weighted by Gasteiger charge is 2.38. The molecule has 2 heterocycles. The molecule has 1 amide bonds. The van der Waals surface area contributed by atoms with Crippen molar-refractivity contribution in [1.29, 1.82) is 0 Å². The minimum atomic E-state index is -0.177. The molecule has 1 saturated heterocycles. The van der Waals surface area contributed by atoms with E-state index in [4.69, 9.17) is 0 Å². The van der Waals surface area contributed by atoms with E-state index in [-0.39, 0.29) is 11.9 Å². The summed E-state index contributed by atoms with van der Waals surface area (Å²) >= 11 is 1.74. The van der Waals surface area contributed by atoms with Gasteiger partial charge in [0.25, 0.3) is 0 Å². The van der Waals surface area contributed by atoms with Crippen LogP contribution in [-0.2, 0) is 4.79 Å². The highest BCUT2D eigenvalue weighted by Crippen LogP contribution is 2.39. The van der Waals surface area contributed by atoms with Crippen LogP contribution in [0.1, 0.15) is 48.9 Å². The zero-order chi connectivity index (χ0) is 15.6. The Morgan fingerprint density at radius 1 is 1.17 bits per heavy atom. The summed E-state index contributed by atoms with van der Waals surface area (Å²) in [6.45, 7) is 0.984. The first-order valence-corrected chi connectivity index (χ1v) is 9.40. The Labute approximate surface area is 141 Å². The smallest absolute Gasteiger partial charge is 0.242 e. The van der Waals surface area contributed by atoms with Crippen molar-refractivity contribution >= 4 is 17.2 Å². The van der Waals surface area contributed by atoms with Crippen molar-refractivity contribution in [2.75, 3.05) is 6.54 Å². The fourth-order valence-electron chi connectivity index (χ4n) is 3.56. The van der Waals surface area contributed by atoms with Crippen molar-refractivity contribution in [3.05, 3.63) is 58.3 Å². The summed E-state index contributed by atoms with van der Waals surface area (Å²) in [5.74, 6) is 0.167. The van der Waals surface area contributed by atoms with E-state index >= 15 is 0 Å². The van der Waals surface area contributed by atoms with Gasteiger partial charge < -0.3 is 5.32 Å². The lowest BCUT2D eigenvalue weighted by atomic mass is 10.0. The van der Waals surface area contributed by atoms with Gasteiger partial charge in [0.1, 0.15) is 6.04 Å². The predicted molar refractivity (Wildman–Crippen MR) is 93.3 cm³/mol. The standard InChI is InChI=1S/C19H22N2OS/c22-19(20-16-8-9-16)18(14-5-2-1-3-6-14)21-11-4-7-17(21)15-10-12-23-13-15/h1-3,5-6,10,12-13,16-18H,4,7-9,11H2,(H,20,22)/t17-,18+/m1/s1. The molecule has 1 N–H and O–H groups in total. The van der Waals surface area contributed by atoms with E-state index in [0.29, 0.717) is 12.1 Å². The van der Waals surface area contributed by atoms with E-state index in [1.54, 1.807) is 11.3 Å². The van der Waals surface area contributed by atoms with Crippen LogP contribution in [0.3, 0.4) is 0 Å². The van der Waals surface area contributed by atoms with Gasteiger partial charge in [-0.05, 0) is 60.2 Å². The van der Waals surface area contributed by atoms with Crippen molar-refractivity contribution in [1.82, 2.24) is 10.2 Å². The molecule has 0 spiro atoms. The molecule has 0 bridgehead atoms. The largest absolute Gasteiger partial charge is 0.352 e. The summed E-state index contributed by atoms with van der Waals surface area (Å²) in [7, 11) is 0. The van der Waals surface area contributed by atoms with Crippen LogP contribution >= 0.6 is 11.3 Å². The van der Waals surface area contributed by atoms with Crippen LogP contribution in [0.4, 0.5) is 0 Å². The van der Waals surface area contributed by atoms with E-state index in [2.05, 4.69) is 39.2 Å². The zero-order valence-electron chi connectivity index (χ0n) is 13.2. The average Bonchev–Trinajstić information content (AvgIpc) is 3.04. The molecule has 1 aliphatic carbocycles. The van der Waals surface area contributed by atoms with Crippen molar-refractivity contribution in [3.8, 4) is 0 Å². The third-order valence-electron chi connectivity index (χ3n) is 4.84. The maximum atomic E-state index is 12.9. The molecule has 2 aromatic rings. The second-order valence-electron chi connectivity index (χ2n) is 6.55. The number of nitrogens with one attached hydrogen (secondary N) is 1. The third kappa shape index (κ3) is 3.19. The van der Waals surface area contributed by atoms with Gasteiger partial charge in [-0.1, -0.05) is 30.3 Å². The SMILES string of the molecule is O=C(NC1CC1)[C@H](c1ccccc1)N1CCC[C@@H]1c1ccsc1. The number of amides is 1. The molecule has 2 fully saturated rings. The number of hydrogen-bond acceptors (Lipinski definition) is 3. The van der Waals surface area contributed by atoms with E-state index in [1.165, 1.54) is 5.56 Å². The van der Waals surface area contributed by atoms with Gasteiger partial charge in [0.05, 0.1) is 0 Å². The van der Waals surface area contributed by atoms with Crippen molar-refractivity contribution in [2.45, 2.75) is 43.8 Å². The van der Waals surface area contributed by atoms with Crippen LogP contribution in [0.15, 0.2) is 47.2 Å². The molecule has 2 atom stereocenters. The quantitative estimate of drug-likeness (QED) is 0.903. The number of carbonyl (C=O) groups is 1. The highest BCUT2D eigenvalue weighted by molar-refractivity contribution is 7.07. The van der Waals surface area contributed by atoms with Gasteiger partial charge in [-0.3, -0.25) is 9.69 Å². The van der Waals surface area contributed by atoms with E-state index < -0.39 is 0 Å². The lowest BCUT2D eigenvalue weighted by Crippen LogP contribution is -2.41. The molecule has 1 aliphatic heterocycles. The lowest BCUT2D eigenvalue weighted by Gasteiger charge is -2.32. The normalized spacial score (nSPS) is 22.9. The summed E-state index contributed by atoms with van der Waals surface area (Å²) in [6.07, 6.45) is 4.54. The van der Waals surface area contributed by atoms with Gasteiger partial charge in [-0.15, -0.1) is 0 Å². The molecule has 3 nitrogen and oxygen atoms in total. The van der Waals surface area contributed by atoms with Crippen LogP contribution in [0.5, 0.6) is 0 Å². The Hall–Kier alpha value is -1.65. The van der Waals surface area contributed by atoms with Gasteiger partial charge in [0, 0.05) is 12.1 Å². The summed E-state index contributed by atoms with van der Waals surface area (Å²) < 4.78 is 0. The Bertz CT molecular complexity index is 651. The minimum absolute atomic E-state index is 0.167. The Morgan fingerprint density at radius 3 is 2.70 bits per heavy atom. The number of carbonyl (C=O) groups excluding carboxylic acids is 1. The maximum absolute atomic E-state index is 12.9. The van der Waals surface area contributed by atoms with Crippen LogP contribution < -0.4 is 5.32 Å².